The predicted octanol–water partition coefficient (Wildman–Crippen LogP) is 2.54. The fraction of sp³-hybridized carbons (Fsp3) is 0.333. The smallest absolute Gasteiger partial charge is 0.144 e. The SMILES string of the molecule is CC(C)C(CO)Nc1nc2ccccc2cc1C#N. The molecule has 0 saturated heterocycles. The summed E-state index contributed by atoms with van der Waals surface area (Å²) in [5, 5.41) is 22.7. The normalized spacial score (nSPS) is 12.4. The summed E-state index contributed by atoms with van der Waals surface area (Å²) in [7, 11) is 0. The van der Waals surface area contributed by atoms with Crippen LogP contribution in [0.4, 0.5) is 5.82 Å². The highest BCUT2D eigenvalue weighted by Crippen LogP contribution is 2.21. The fourth-order valence-corrected chi connectivity index (χ4v) is 1.91. The van der Waals surface area contributed by atoms with E-state index in [0.717, 1.165) is 10.9 Å². The van der Waals surface area contributed by atoms with Gasteiger partial charge < -0.3 is 10.4 Å². The standard InChI is InChI=1S/C15H17N3O/c1-10(2)14(9-19)18-15-12(8-16)7-11-5-3-4-6-13(11)17-15/h3-7,10,14,19H,9H2,1-2H3,(H,17,18). The van der Waals surface area contributed by atoms with Crippen molar-refractivity contribution >= 4 is 16.7 Å². The van der Waals surface area contributed by atoms with E-state index in [4.69, 9.17) is 0 Å². The minimum absolute atomic E-state index is 0.0110. The van der Waals surface area contributed by atoms with Crippen LogP contribution in [0.3, 0.4) is 0 Å². The highest BCUT2D eigenvalue weighted by Gasteiger charge is 2.15. The molecule has 98 valence electrons. The Labute approximate surface area is 112 Å². The number of fused-ring (bicyclic) bond motifs is 1. The van der Waals surface area contributed by atoms with Crippen molar-refractivity contribution in [3.8, 4) is 6.07 Å². The van der Waals surface area contributed by atoms with Gasteiger partial charge in [-0.3, -0.25) is 0 Å². The van der Waals surface area contributed by atoms with Gasteiger partial charge in [0.05, 0.1) is 23.7 Å². The lowest BCUT2D eigenvalue weighted by Gasteiger charge is -2.21. The van der Waals surface area contributed by atoms with E-state index < -0.39 is 0 Å². The molecule has 0 spiro atoms. The molecule has 0 aliphatic heterocycles. The van der Waals surface area contributed by atoms with E-state index in [1.165, 1.54) is 0 Å². The molecule has 1 aromatic carbocycles. The van der Waals surface area contributed by atoms with Crippen LogP contribution in [0.5, 0.6) is 0 Å². The van der Waals surface area contributed by atoms with Crippen LogP contribution in [0.1, 0.15) is 19.4 Å². The third-order valence-corrected chi connectivity index (χ3v) is 3.17. The lowest BCUT2D eigenvalue weighted by molar-refractivity contribution is 0.249. The summed E-state index contributed by atoms with van der Waals surface area (Å²) < 4.78 is 0. The van der Waals surface area contributed by atoms with Crippen LogP contribution in [0, 0.1) is 17.2 Å². The first-order chi connectivity index (χ1) is 9.15. The molecular weight excluding hydrogens is 238 g/mol. The Bertz CT molecular complexity index is 616. The Kier molecular flexibility index (Phi) is 3.98. The summed E-state index contributed by atoms with van der Waals surface area (Å²) in [4.78, 5) is 4.47. The highest BCUT2D eigenvalue weighted by atomic mass is 16.3. The van der Waals surface area contributed by atoms with Gasteiger partial charge in [0.1, 0.15) is 11.9 Å². The van der Waals surface area contributed by atoms with Crippen LogP contribution >= 0.6 is 0 Å². The van der Waals surface area contributed by atoms with Crippen molar-refractivity contribution < 1.29 is 5.11 Å². The van der Waals surface area contributed by atoms with Crippen molar-refractivity contribution in [1.82, 2.24) is 4.98 Å². The first-order valence-electron chi connectivity index (χ1n) is 6.33. The summed E-state index contributed by atoms with van der Waals surface area (Å²) in [6.45, 7) is 4.04. The summed E-state index contributed by atoms with van der Waals surface area (Å²) in [6.07, 6.45) is 0. The van der Waals surface area contributed by atoms with Crippen LogP contribution in [-0.2, 0) is 0 Å². The second-order valence-electron chi connectivity index (χ2n) is 4.87. The molecule has 2 N–H and O–H groups in total. The molecule has 0 amide bonds. The van der Waals surface area contributed by atoms with Crippen LogP contribution in [0.2, 0.25) is 0 Å². The zero-order valence-electron chi connectivity index (χ0n) is 11.1. The molecule has 0 fully saturated rings. The highest BCUT2D eigenvalue weighted by molar-refractivity contribution is 5.82. The van der Waals surface area contributed by atoms with Gasteiger partial charge in [-0.05, 0) is 18.1 Å². The van der Waals surface area contributed by atoms with Gasteiger partial charge in [-0.25, -0.2) is 4.98 Å². The average molecular weight is 255 g/mol. The Morgan fingerprint density at radius 2 is 2.11 bits per heavy atom. The number of nitriles is 1. The van der Waals surface area contributed by atoms with Gasteiger partial charge in [0, 0.05) is 5.39 Å². The van der Waals surface area contributed by atoms with E-state index in [9.17, 15) is 10.4 Å². The average Bonchev–Trinajstić information content (AvgIpc) is 2.43. The van der Waals surface area contributed by atoms with Crippen LogP contribution in [0.15, 0.2) is 30.3 Å². The summed E-state index contributed by atoms with van der Waals surface area (Å²) in [6, 6.07) is 11.5. The molecule has 1 atom stereocenters. The summed E-state index contributed by atoms with van der Waals surface area (Å²) >= 11 is 0. The van der Waals surface area contributed by atoms with Crippen molar-refractivity contribution in [3.63, 3.8) is 0 Å². The lowest BCUT2D eigenvalue weighted by atomic mass is 10.0. The lowest BCUT2D eigenvalue weighted by Crippen LogP contribution is -2.30. The Balaban J connectivity index is 2.44. The maximum Gasteiger partial charge on any atom is 0.144 e. The largest absolute Gasteiger partial charge is 0.394 e. The molecule has 0 radical (unpaired) electrons. The molecular formula is C15H17N3O. The maximum atomic E-state index is 9.36. The zero-order valence-corrected chi connectivity index (χ0v) is 11.1. The Hall–Kier alpha value is -2.12. The van der Waals surface area contributed by atoms with E-state index >= 15 is 0 Å². The van der Waals surface area contributed by atoms with E-state index in [2.05, 4.69) is 16.4 Å². The third kappa shape index (κ3) is 2.83. The quantitative estimate of drug-likeness (QED) is 0.880. The predicted molar refractivity (Wildman–Crippen MR) is 75.8 cm³/mol. The third-order valence-electron chi connectivity index (χ3n) is 3.17. The number of nitrogens with zero attached hydrogens (tertiary/aromatic N) is 2. The van der Waals surface area contributed by atoms with Crippen molar-refractivity contribution in [2.75, 3.05) is 11.9 Å². The zero-order chi connectivity index (χ0) is 13.8. The topological polar surface area (TPSA) is 68.9 Å². The number of aliphatic hydroxyl groups excluding tert-OH is 1. The number of hydrogen-bond acceptors (Lipinski definition) is 4. The summed E-state index contributed by atoms with van der Waals surface area (Å²) in [5.74, 6) is 0.791. The number of pyridine rings is 1. The molecule has 0 aliphatic carbocycles. The first-order valence-corrected chi connectivity index (χ1v) is 6.33. The molecule has 2 rings (SSSR count). The minimum atomic E-state index is -0.110. The Morgan fingerprint density at radius 3 is 2.74 bits per heavy atom. The Morgan fingerprint density at radius 1 is 1.37 bits per heavy atom. The maximum absolute atomic E-state index is 9.36. The monoisotopic (exact) mass is 255 g/mol. The fourth-order valence-electron chi connectivity index (χ4n) is 1.91. The van der Waals surface area contributed by atoms with E-state index in [0.29, 0.717) is 11.4 Å². The number of rotatable bonds is 4. The van der Waals surface area contributed by atoms with Gasteiger partial charge in [-0.15, -0.1) is 0 Å². The minimum Gasteiger partial charge on any atom is -0.394 e. The van der Waals surface area contributed by atoms with Crippen molar-refractivity contribution in [2.45, 2.75) is 19.9 Å². The number of para-hydroxylation sites is 1. The molecule has 2 aromatic rings. The van der Waals surface area contributed by atoms with Crippen LogP contribution in [-0.4, -0.2) is 22.7 Å². The van der Waals surface area contributed by atoms with Gasteiger partial charge in [0.25, 0.3) is 0 Å². The van der Waals surface area contributed by atoms with Crippen molar-refractivity contribution in [1.29, 1.82) is 5.26 Å². The molecule has 0 bridgehead atoms. The molecule has 0 aliphatic rings. The van der Waals surface area contributed by atoms with Crippen molar-refractivity contribution in [2.24, 2.45) is 5.92 Å². The number of hydrogen-bond donors (Lipinski definition) is 2. The van der Waals surface area contributed by atoms with Crippen LogP contribution in [0.25, 0.3) is 10.9 Å². The molecule has 19 heavy (non-hydrogen) atoms. The van der Waals surface area contributed by atoms with E-state index in [1.54, 1.807) is 0 Å². The molecule has 0 saturated carbocycles. The van der Waals surface area contributed by atoms with Gasteiger partial charge >= 0.3 is 0 Å². The summed E-state index contributed by atoms with van der Waals surface area (Å²) in [5.41, 5.74) is 1.34. The van der Waals surface area contributed by atoms with Crippen LogP contribution < -0.4 is 5.32 Å². The second-order valence-corrected chi connectivity index (χ2v) is 4.87. The number of aliphatic hydroxyl groups is 1. The number of benzene rings is 1. The first kappa shape index (κ1) is 13.3. The second kappa shape index (κ2) is 5.68. The van der Waals surface area contributed by atoms with Gasteiger partial charge in [0.15, 0.2) is 0 Å². The number of aromatic nitrogens is 1. The van der Waals surface area contributed by atoms with Gasteiger partial charge in [-0.1, -0.05) is 32.0 Å². The van der Waals surface area contributed by atoms with Gasteiger partial charge in [-0.2, -0.15) is 5.26 Å². The number of anilines is 1. The molecule has 4 heteroatoms. The van der Waals surface area contributed by atoms with E-state index in [-0.39, 0.29) is 18.6 Å². The molecule has 4 nitrogen and oxygen atoms in total. The van der Waals surface area contributed by atoms with Gasteiger partial charge in [0.2, 0.25) is 0 Å². The molecule has 1 unspecified atom stereocenters. The van der Waals surface area contributed by atoms with E-state index in [1.807, 2.05) is 44.2 Å². The van der Waals surface area contributed by atoms with Crippen molar-refractivity contribution in [3.05, 3.63) is 35.9 Å². The molecule has 1 heterocycles. The molecule has 1 aromatic heterocycles. The number of nitrogens with one attached hydrogen (secondary N) is 1.